The summed E-state index contributed by atoms with van der Waals surface area (Å²) < 4.78 is 0. The Morgan fingerprint density at radius 2 is 2.40 bits per heavy atom. The molecule has 56 valence electrons. The number of nitrogens with zero attached hydrogens (tertiary/aromatic N) is 1. The van der Waals surface area contributed by atoms with Crippen molar-refractivity contribution in [3.63, 3.8) is 0 Å². The summed E-state index contributed by atoms with van der Waals surface area (Å²) in [6.45, 7) is 4.34. The highest BCUT2D eigenvalue weighted by Crippen LogP contribution is 2.10. The van der Waals surface area contributed by atoms with E-state index in [0.717, 1.165) is 12.8 Å². The molecule has 0 saturated carbocycles. The van der Waals surface area contributed by atoms with Crippen LogP contribution in [-0.2, 0) is 0 Å². The van der Waals surface area contributed by atoms with E-state index in [2.05, 4.69) is 12.6 Å². The van der Waals surface area contributed by atoms with Crippen molar-refractivity contribution in [2.45, 2.75) is 19.3 Å². The van der Waals surface area contributed by atoms with E-state index in [1.165, 1.54) is 0 Å². The lowest BCUT2D eigenvalue weighted by atomic mass is 10.0. The molecule has 0 radical (unpaired) electrons. The van der Waals surface area contributed by atoms with Crippen molar-refractivity contribution >= 4 is 0 Å². The molecule has 0 aliphatic rings. The van der Waals surface area contributed by atoms with Crippen LogP contribution in [0.2, 0.25) is 0 Å². The Morgan fingerprint density at radius 3 is 2.80 bits per heavy atom. The molecule has 0 spiro atoms. The summed E-state index contributed by atoms with van der Waals surface area (Å²) >= 11 is 0. The van der Waals surface area contributed by atoms with Gasteiger partial charge in [-0.15, -0.1) is 6.58 Å². The zero-order valence-electron chi connectivity index (χ0n) is 6.21. The van der Waals surface area contributed by atoms with Crippen LogP contribution in [0, 0.1) is 17.2 Å². The van der Waals surface area contributed by atoms with Crippen LogP contribution in [0.15, 0.2) is 12.7 Å². The number of allylic oxidation sites excluding steroid dienone is 1. The van der Waals surface area contributed by atoms with Gasteiger partial charge >= 0.3 is 0 Å². The van der Waals surface area contributed by atoms with Crippen molar-refractivity contribution in [3.05, 3.63) is 12.7 Å². The highest BCUT2D eigenvalue weighted by Gasteiger charge is 2.00. The van der Waals surface area contributed by atoms with Gasteiger partial charge in [-0.1, -0.05) is 6.08 Å². The first kappa shape index (κ1) is 9.19. The van der Waals surface area contributed by atoms with Crippen LogP contribution in [0.3, 0.4) is 0 Å². The van der Waals surface area contributed by atoms with E-state index in [4.69, 9.17) is 11.0 Å². The highest BCUT2D eigenvalue weighted by molar-refractivity contribution is 4.86. The predicted molar refractivity (Wildman–Crippen MR) is 42.2 cm³/mol. The summed E-state index contributed by atoms with van der Waals surface area (Å²) in [7, 11) is 0. The first-order chi connectivity index (χ1) is 4.85. The van der Waals surface area contributed by atoms with E-state index in [9.17, 15) is 0 Å². The molecule has 2 heteroatoms. The van der Waals surface area contributed by atoms with Crippen LogP contribution in [0.25, 0.3) is 0 Å². The van der Waals surface area contributed by atoms with Gasteiger partial charge in [-0.2, -0.15) is 5.26 Å². The van der Waals surface area contributed by atoms with Crippen LogP contribution in [0.4, 0.5) is 0 Å². The lowest BCUT2D eigenvalue weighted by Gasteiger charge is -2.04. The van der Waals surface area contributed by atoms with Crippen LogP contribution < -0.4 is 5.73 Å². The fourth-order valence-electron chi connectivity index (χ4n) is 0.801. The number of hydrogen-bond acceptors (Lipinski definition) is 2. The zero-order valence-corrected chi connectivity index (χ0v) is 6.21. The molecule has 0 aliphatic carbocycles. The van der Waals surface area contributed by atoms with Gasteiger partial charge in [0.2, 0.25) is 0 Å². The number of rotatable bonds is 5. The van der Waals surface area contributed by atoms with E-state index in [1.54, 1.807) is 0 Å². The molecule has 1 atom stereocenters. The largest absolute Gasteiger partial charge is 0.330 e. The molecule has 0 fully saturated rings. The minimum Gasteiger partial charge on any atom is -0.330 e. The highest BCUT2D eigenvalue weighted by atomic mass is 14.5. The molecule has 2 nitrogen and oxygen atoms in total. The van der Waals surface area contributed by atoms with Crippen LogP contribution in [0.1, 0.15) is 19.3 Å². The average Bonchev–Trinajstić information content (AvgIpc) is 1.98. The summed E-state index contributed by atoms with van der Waals surface area (Å²) in [5.41, 5.74) is 5.31. The van der Waals surface area contributed by atoms with Crippen molar-refractivity contribution in [2.75, 3.05) is 6.54 Å². The van der Waals surface area contributed by atoms with Gasteiger partial charge in [0.1, 0.15) is 0 Å². The molecule has 0 aromatic rings. The van der Waals surface area contributed by atoms with E-state index < -0.39 is 0 Å². The third-order valence-electron chi connectivity index (χ3n) is 1.47. The van der Waals surface area contributed by atoms with Gasteiger partial charge in [0, 0.05) is 6.42 Å². The Kier molecular flexibility index (Phi) is 5.80. The molecule has 0 saturated heterocycles. The molecule has 10 heavy (non-hydrogen) atoms. The summed E-state index contributed by atoms with van der Waals surface area (Å²) in [6.07, 6.45) is 4.38. The first-order valence-electron chi connectivity index (χ1n) is 3.54. The smallest absolute Gasteiger partial charge is 0.0627 e. The molecule has 0 bridgehead atoms. The van der Waals surface area contributed by atoms with E-state index in [0.29, 0.717) is 18.9 Å². The average molecular weight is 138 g/mol. The molecule has 2 N–H and O–H groups in total. The minimum atomic E-state index is 0.341. The number of hydrogen-bond donors (Lipinski definition) is 1. The van der Waals surface area contributed by atoms with E-state index >= 15 is 0 Å². The first-order valence-corrected chi connectivity index (χ1v) is 3.54. The molecular weight excluding hydrogens is 124 g/mol. The van der Waals surface area contributed by atoms with E-state index in [1.807, 2.05) is 6.08 Å². The standard InChI is InChI=1S/C8H14N2/c1-2-8(5-7-10)4-3-6-9/h2,8H,1,3-6,9H2. The monoisotopic (exact) mass is 138 g/mol. The van der Waals surface area contributed by atoms with Crippen molar-refractivity contribution in [2.24, 2.45) is 11.7 Å². The second kappa shape index (κ2) is 6.31. The van der Waals surface area contributed by atoms with Crippen LogP contribution in [0.5, 0.6) is 0 Å². The summed E-state index contributed by atoms with van der Waals surface area (Å²) in [6, 6.07) is 2.12. The van der Waals surface area contributed by atoms with Crippen molar-refractivity contribution in [1.82, 2.24) is 0 Å². The number of nitrogens with two attached hydrogens (primary N) is 1. The summed E-state index contributed by atoms with van der Waals surface area (Å²) in [4.78, 5) is 0. The lowest BCUT2D eigenvalue weighted by Crippen LogP contribution is -2.02. The molecule has 0 aromatic carbocycles. The molecule has 0 aliphatic heterocycles. The Bertz CT molecular complexity index is 124. The second-order valence-corrected chi connectivity index (χ2v) is 2.29. The molecule has 1 unspecified atom stereocenters. The molecular formula is C8H14N2. The summed E-state index contributed by atoms with van der Waals surface area (Å²) in [5, 5.41) is 8.34. The van der Waals surface area contributed by atoms with Gasteiger partial charge in [0.15, 0.2) is 0 Å². The molecule has 0 rings (SSSR count). The SMILES string of the molecule is C=CC(CC#N)CCCN. The zero-order chi connectivity index (χ0) is 7.82. The Balaban J connectivity index is 3.41. The van der Waals surface area contributed by atoms with E-state index in [-0.39, 0.29) is 0 Å². The van der Waals surface area contributed by atoms with Gasteiger partial charge in [-0.3, -0.25) is 0 Å². The third kappa shape index (κ3) is 4.11. The van der Waals surface area contributed by atoms with Crippen molar-refractivity contribution in [1.29, 1.82) is 5.26 Å². The van der Waals surface area contributed by atoms with Crippen molar-refractivity contribution in [3.8, 4) is 6.07 Å². The normalized spacial score (nSPS) is 12.0. The van der Waals surface area contributed by atoms with Gasteiger partial charge in [-0.25, -0.2) is 0 Å². The van der Waals surface area contributed by atoms with Crippen LogP contribution in [-0.4, -0.2) is 6.54 Å². The van der Waals surface area contributed by atoms with Gasteiger partial charge in [0.25, 0.3) is 0 Å². The maximum absolute atomic E-state index is 8.34. The Hall–Kier alpha value is -0.810. The summed E-state index contributed by atoms with van der Waals surface area (Å²) in [5.74, 6) is 0.341. The van der Waals surface area contributed by atoms with Gasteiger partial charge in [0.05, 0.1) is 6.07 Å². The second-order valence-electron chi connectivity index (χ2n) is 2.29. The van der Waals surface area contributed by atoms with Gasteiger partial charge < -0.3 is 5.73 Å². The predicted octanol–water partition coefficient (Wildman–Crippen LogP) is 1.44. The quantitative estimate of drug-likeness (QED) is 0.584. The maximum atomic E-state index is 8.34. The molecule has 0 amide bonds. The van der Waals surface area contributed by atoms with Crippen LogP contribution >= 0.6 is 0 Å². The minimum absolute atomic E-state index is 0.341. The maximum Gasteiger partial charge on any atom is 0.0627 e. The molecule has 0 heterocycles. The Labute approximate surface area is 62.3 Å². The molecule has 0 aromatic heterocycles. The lowest BCUT2D eigenvalue weighted by molar-refractivity contribution is 0.578. The topological polar surface area (TPSA) is 49.8 Å². The number of nitriles is 1. The fourth-order valence-corrected chi connectivity index (χ4v) is 0.801. The van der Waals surface area contributed by atoms with Gasteiger partial charge in [-0.05, 0) is 25.3 Å². The fraction of sp³-hybridized carbons (Fsp3) is 0.625. The Morgan fingerprint density at radius 1 is 1.70 bits per heavy atom. The van der Waals surface area contributed by atoms with Crippen molar-refractivity contribution < 1.29 is 0 Å². The third-order valence-corrected chi connectivity index (χ3v) is 1.47.